The van der Waals surface area contributed by atoms with Crippen LogP contribution in [-0.2, 0) is 16.6 Å². The molecule has 1 aromatic heterocycles. The van der Waals surface area contributed by atoms with E-state index in [-0.39, 0.29) is 0 Å². The number of aliphatic carboxylic acids is 1. The Kier molecular flexibility index (Phi) is 4.86. The molecule has 0 bridgehead atoms. The van der Waals surface area contributed by atoms with Gasteiger partial charge in [0.1, 0.15) is 0 Å². The second kappa shape index (κ2) is 6.39. The minimum absolute atomic E-state index is 0.429. The molecule has 1 rings (SSSR count). The molecule has 0 spiro atoms. The van der Waals surface area contributed by atoms with Crippen LogP contribution in [0.1, 0.15) is 18.5 Å². The average Bonchev–Trinajstić information content (AvgIpc) is 2.72. The van der Waals surface area contributed by atoms with Crippen LogP contribution in [-0.4, -0.2) is 26.8 Å². The number of carbonyl (C=O) groups is 2. The third-order valence-corrected chi connectivity index (χ3v) is 2.14. The average molecular weight is 249 g/mol. The second-order valence-corrected chi connectivity index (χ2v) is 3.61. The third kappa shape index (κ3) is 3.89. The number of hydrogen-bond donors (Lipinski definition) is 2. The molecule has 0 saturated heterocycles. The monoisotopic (exact) mass is 249 g/mol. The molecule has 0 aliphatic heterocycles. The number of aromatic nitrogens is 2. The Hall–Kier alpha value is -2.37. The van der Waals surface area contributed by atoms with E-state index in [4.69, 9.17) is 5.11 Å². The van der Waals surface area contributed by atoms with Crippen molar-refractivity contribution < 1.29 is 14.7 Å². The maximum Gasteiger partial charge on any atom is 0.331 e. The Bertz CT molecular complexity index is 489. The zero-order chi connectivity index (χ0) is 13.5. The predicted octanol–water partition coefficient (Wildman–Crippen LogP) is 0.794. The first-order valence-electron chi connectivity index (χ1n) is 5.35. The predicted molar refractivity (Wildman–Crippen MR) is 65.7 cm³/mol. The van der Waals surface area contributed by atoms with Crippen molar-refractivity contribution in [2.24, 2.45) is 7.05 Å². The van der Waals surface area contributed by atoms with Gasteiger partial charge in [-0.3, -0.25) is 9.48 Å². The number of carboxylic acids is 1. The highest BCUT2D eigenvalue weighted by Crippen LogP contribution is 2.11. The largest absolute Gasteiger partial charge is 0.479 e. The van der Waals surface area contributed by atoms with Gasteiger partial charge in [-0.25, -0.2) is 4.79 Å². The number of nitrogens with zero attached hydrogens (tertiary/aromatic N) is 2. The summed E-state index contributed by atoms with van der Waals surface area (Å²) in [4.78, 5) is 22.6. The van der Waals surface area contributed by atoms with Crippen molar-refractivity contribution in [2.45, 2.75) is 13.0 Å². The fraction of sp³-hybridized carbons (Fsp3) is 0.250. The van der Waals surface area contributed by atoms with Crippen LogP contribution in [0.3, 0.4) is 0 Å². The van der Waals surface area contributed by atoms with Crippen LogP contribution in [0.15, 0.2) is 36.7 Å². The van der Waals surface area contributed by atoms with Crippen molar-refractivity contribution in [1.82, 2.24) is 15.1 Å². The van der Waals surface area contributed by atoms with Gasteiger partial charge in [0, 0.05) is 24.9 Å². The van der Waals surface area contributed by atoms with Gasteiger partial charge >= 0.3 is 5.97 Å². The lowest BCUT2D eigenvalue weighted by Gasteiger charge is -2.10. The third-order valence-electron chi connectivity index (χ3n) is 2.14. The Balaban J connectivity index is 2.76. The first-order chi connectivity index (χ1) is 8.54. The molecule has 96 valence electrons. The van der Waals surface area contributed by atoms with Crippen LogP contribution in [0, 0.1) is 0 Å². The van der Waals surface area contributed by atoms with E-state index in [9.17, 15) is 9.59 Å². The van der Waals surface area contributed by atoms with Crippen molar-refractivity contribution in [2.75, 3.05) is 0 Å². The zero-order valence-corrected chi connectivity index (χ0v) is 10.2. The molecule has 6 heteroatoms. The molecule has 0 saturated carbocycles. The first kappa shape index (κ1) is 13.7. The highest BCUT2D eigenvalue weighted by atomic mass is 16.4. The molecular formula is C12H15N3O3. The van der Waals surface area contributed by atoms with Crippen LogP contribution in [0.5, 0.6) is 0 Å². The van der Waals surface area contributed by atoms with Gasteiger partial charge in [0.25, 0.3) is 0 Å². The van der Waals surface area contributed by atoms with Gasteiger partial charge < -0.3 is 10.4 Å². The van der Waals surface area contributed by atoms with E-state index in [0.29, 0.717) is 5.56 Å². The summed E-state index contributed by atoms with van der Waals surface area (Å²) in [7, 11) is 1.68. The molecule has 1 unspecified atom stereocenters. The summed E-state index contributed by atoms with van der Waals surface area (Å²) in [5.41, 5.74) is 0.429. The number of rotatable bonds is 5. The molecule has 0 aromatic carbocycles. The van der Waals surface area contributed by atoms with Crippen LogP contribution >= 0.6 is 0 Å². The maximum atomic E-state index is 11.5. The summed E-state index contributed by atoms with van der Waals surface area (Å²) < 4.78 is 1.48. The Morgan fingerprint density at radius 3 is 2.72 bits per heavy atom. The second-order valence-electron chi connectivity index (χ2n) is 3.61. The van der Waals surface area contributed by atoms with Crippen LogP contribution < -0.4 is 5.32 Å². The van der Waals surface area contributed by atoms with Gasteiger partial charge in [-0.15, -0.1) is 0 Å². The Morgan fingerprint density at radius 2 is 2.22 bits per heavy atom. The standard InChI is InChI=1S/C12H15N3O3/c1-3-4-5-6-10(16)14-11(12(17)18)9-7-13-15(2)8-9/h3-8,11H,1-2H3,(H,14,16)(H,17,18). The SMILES string of the molecule is CC=CC=CC(=O)NC(C(=O)O)c1cnn(C)c1. The van der Waals surface area contributed by atoms with Crippen molar-refractivity contribution in [3.05, 3.63) is 42.3 Å². The Morgan fingerprint density at radius 1 is 1.50 bits per heavy atom. The normalized spacial score (nSPS) is 13.0. The smallest absolute Gasteiger partial charge is 0.331 e. The number of nitrogens with one attached hydrogen (secondary N) is 1. The number of allylic oxidation sites excluding steroid dienone is 3. The van der Waals surface area contributed by atoms with Crippen molar-refractivity contribution in [3.8, 4) is 0 Å². The summed E-state index contributed by atoms with van der Waals surface area (Å²) in [6, 6.07) is -1.10. The van der Waals surface area contributed by atoms with Crippen molar-refractivity contribution in [1.29, 1.82) is 0 Å². The topological polar surface area (TPSA) is 84.2 Å². The molecule has 1 aromatic rings. The molecule has 2 N–H and O–H groups in total. The summed E-state index contributed by atoms with van der Waals surface area (Å²) >= 11 is 0. The van der Waals surface area contributed by atoms with Crippen LogP contribution in [0.4, 0.5) is 0 Å². The molecule has 1 amide bonds. The molecule has 0 aliphatic rings. The highest BCUT2D eigenvalue weighted by Gasteiger charge is 2.22. The van der Waals surface area contributed by atoms with Gasteiger partial charge in [0.15, 0.2) is 6.04 Å². The molecule has 0 aliphatic carbocycles. The summed E-state index contributed by atoms with van der Waals surface area (Å²) in [5, 5.41) is 15.3. The zero-order valence-electron chi connectivity index (χ0n) is 10.2. The van der Waals surface area contributed by atoms with Gasteiger partial charge in [-0.1, -0.05) is 18.2 Å². The number of hydrogen-bond acceptors (Lipinski definition) is 3. The molecule has 18 heavy (non-hydrogen) atoms. The summed E-state index contributed by atoms with van der Waals surface area (Å²) in [6.45, 7) is 1.82. The van der Waals surface area contributed by atoms with E-state index in [2.05, 4.69) is 10.4 Å². The van der Waals surface area contributed by atoms with Gasteiger partial charge in [0.05, 0.1) is 6.20 Å². The van der Waals surface area contributed by atoms with E-state index in [0.717, 1.165) is 0 Å². The van der Waals surface area contributed by atoms with Gasteiger partial charge in [0.2, 0.25) is 5.91 Å². The van der Waals surface area contributed by atoms with Crippen LogP contribution in [0.2, 0.25) is 0 Å². The van der Waals surface area contributed by atoms with E-state index < -0.39 is 17.9 Å². The van der Waals surface area contributed by atoms with E-state index >= 15 is 0 Å². The minimum atomic E-state index is -1.13. The lowest BCUT2D eigenvalue weighted by atomic mass is 10.1. The number of amides is 1. The van der Waals surface area contributed by atoms with E-state index in [1.54, 1.807) is 25.4 Å². The lowest BCUT2D eigenvalue weighted by molar-refractivity contribution is -0.141. The fourth-order valence-electron chi connectivity index (χ4n) is 1.32. The number of carboxylic acid groups (broad SMARTS) is 1. The van der Waals surface area contributed by atoms with E-state index in [1.165, 1.54) is 23.0 Å². The van der Waals surface area contributed by atoms with Gasteiger partial charge in [-0.05, 0) is 6.92 Å². The molecule has 0 radical (unpaired) electrons. The summed E-state index contributed by atoms with van der Waals surface area (Å²) in [6.07, 6.45) is 9.21. The van der Waals surface area contributed by atoms with Crippen molar-refractivity contribution in [3.63, 3.8) is 0 Å². The summed E-state index contributed by atoms with van der Waals surface area (Å²) in [5.74, 6) is -1.60. The maximum absolute atomic E-state index is 11.5. The molecule has 0 fully saturated rings. The lowest BCUT2D eigenvalue weighted by Crippen LogP contribution is -2.32. The van der Waals surface area contributed by atoms with Gasteiger partial charge in [-0.2, -0.15) is 5.10 Å². The first-order valence-corrected chi connectivity index (χ1v) is 5.35. The quantitative estimate of drug-likeness (QED) is 0.597. The Labute approximate surface area is 105 Å². The number of carbonyl (C=O) groups excluding carboxylic acids is 1. The highest BCUT2D eigenvalue weighted by molar-refractivity contribution is 5.91. The molecule has 1 heterocycles. The van der Waals surface area contributed by atoms with Crippen molar-refractivity contribution >= 4 is 11.9 Å². The minimum Gasteiger partial charge on any atom is -0.479 e. The molecular weight excluding hydrogens is 234 g/mol. The molecule has 6 nitrogen and oxygen atoms in total. The van der Waals surface area contributed by atoms with Crippen LogP contribution in [0.25, 0.3) is 0 Å². The number of aryl methyl sites for hydroxylation is 1. The molecule has 1 atom stereocenters. The fourth-order valence-corrected chi connectivity index (χ4v) is 1.32. The van der Waals surface area contributed by atoms with E-state index in [1.807, 2.05) is 6.92 Å².